The second-order valence-corrected chi connectivity index (χ2v) is 5.90. The van der Waals surface area contributed by atoms with E-state index in [0.717, 1.165) is 20.4 Å². The van der Waals surface area contributed by atoms with Crippen LogP contribution in [-0.4, -0.2) is 24.8 Å². The minimum atomic E-state index is 0.466. The Hall–Kier alpha value is -1.01. The fourth-order valence-electron chi connectivity index (χ4n) is 2.58. The van der Waals surface area contributed by atoms with E-state index in [4.69, 9.17) is 0 Å². The number of nitrogens with one attached hydrogen (secondary N) is 1. The molecule has 1 aliphatic heterocycles. The molecule has 1 rings (SSSR count). The van der Waals surface area contributed by atoms with Gasteiger partial charge in [0.1, 0.15) is 0 Å². The zero-order chi connectivity index (χ0) is 16.4. The first-order valence-corrected chi connectivity index (χ1v) is 8.81. The Morgan fingerprint density at radius 1 is 1.27 bits per heavy atom. The molecule has 4 heteroatoms. The van der Waals surface area contributed by atoms with Crippen LogP contribution >= 0.6 is 22.9 Å². The van der Waals surface area contributed by atoms with Crippen LogP contribution in [0, 0.1) is 0 Å². The lowest BCUT2D eigenvalue weighted by Crippen LogP contribution is -2.43. The lowest BCUT2D eigenvalue weighted by atomic mass is 9.76. The summed E-state index contributed by atoms with van der Waals surface area (Å²) in [6.45, 7) is 11.1. The Morgan fingerprint density at radius 2 is 2.00 bits per heavy atom. The van der Waals surface area contributed by atoms with Gasteiger partial charge >= 0.3 is 0 Å². The molecule has 0 bridgehead atoms. The third-order valence-electron chi connectivity index (χ3n) is 3.56. The topological polar surface area (TPSA) is 15.3 Å². The first-order valence-electron chi connectivity index (χ1n) is 7.74. The van der Waals surface area contributed by atoms with Gasteiger partial charge in [-0.1, -0.05) is 54.6 Å². The van der Waals surface area contributed by atoms with Crippen molar-refractivity contribution in [3.05, 3.63) is 71.9 Å². The van der Waals surface area contributed by atoms with Gasteiger partial charge in [-0.05, 0) is 38.8 Å². The summed E-state index contributed by atoms with van der Waals surface area (Å²) < 4.78 is 3.40. The zero-order valence-corrected chi connectivity index (χ0v) is 16.0. The molecule has 0 amide bonds. The number of hydrogen-bond donors (Lipinski definition) is 1. The number of nitrogens with zero attached hydrogens (tertiary/aromatic N) is 1. The van der Waals surface area contributed by atoms with Crippen LogP contribution in [0.2, 0.25) is 0 Å². The largest absolute Gasteiger partial charge is 0.412 e. The molecule has 1 heterocycles. The predicted molar refractivity (Wildman–Crippen MR) is 109 cm³/mol. The molecule has 1 atom stereocenters. The van der Waals surface area contributed by atoms with Crippen LogP contribution in [0.4, 0.5) is 0 Å². The second-order valence-electron chi connectivity index (χ2n) is 5.27. The van der Waals surface area contributed by atoms with E-state index < -0.39 is 0 Å². The summed E-state index contributed by atoms with van der Waals surface area (Å²) in [6, 6.07) is 0.466. The average molecular weight is 408 g/mol. The summed E-state index contributed by atoms with van der Waals surface area (Å²) in [5, 5.41) is 0. The van der Waals surface area contributed by atoms with Gasteiger partial charge in [-0.2, -0.15) is 0 Å². The normalized spacial score (nSPS) is 20.6. The molecule has 0 radical (unpaired) electrons. The van der Waals surface area contributed by atoms with Crippen molar-refractivity contribution in [1.82, 2.24) is 8.34 Å². The highest BCUT2D eigenvalue weighted by Crippen LogP contribution is 2.25. The zero-order valence-electron chi connectivity index (χ0n) is 13.8. The maximum absolute atomic E-state index is 3.95. The van der Waals surface area contributed by atoms with Crippen LogP contribution < -0.4 is 3.53 Å². The Kier molecular flexibility index (Phi) is 9.24. The summed E-state index contributed by atoms with van der Waals surface area (Å²) in [5.41, 5.74) is 3.93. The molecule has 1 N–H and O–H groups in total. The SMILES string of the molecule is C=C/C(BN1CC(NI)CC(/C=C\C)=C1/C=C\C)=C\C=C/C. The van der Waals surface area contributed by atoms with E-state index >= 15 is 0 Å². The fraction of sp³-hybridized carbons (Fsp3) is 0.333. The highest BCUT2D eigenvalue weighted by atomic mass is 127. The van der Waals surface area contributed by atoms with E-state index in [-0.39, 0.29) is 0 Å². The molecular weight excluding hydrogens is 382 g/mol. The van der Waals surface area contributed by atoms with Crippen molar-refractivity contribution >= 4 is 30.3 Å². The van der Waals surface area contributed by atoms with Gasteiger partial charge in [0.05, 0.1) is 0 Å². The van der Waals surface area contributed by atoms with Crippen molar-refractivity contribution in [2.24, 2.45) is 0 Å². The highest BCUT2D eigenvalue weighted by molar-refractivity contribution is 14.1. The lowest BCUT2D eigenvalue weighted by molar-refractivity contribution is 0.439. The molecule has 0 fully saturated rings. The molecule has 0 aliphatic carbocycles. The molecule has 0 aromatic rings. The molecule has 1 unspecified atom stereocenters. The third-order valence-corrected chi connectivity index (χ3v) is 4.44. The number of allylic oxidation sites excluding steroid dienone is 9. The smallest absolute Gasteiger partial charge is 0.270 e. The fourth-order valence-corrected chi connectivity index (χ4v) is 2.99. The molecular formula is C18H26BIN2. The van der Waals surface area contributed by atoms with Crippen LogP contribution in [0.15, 0.2) is 71.9 Å². The van der Waals surface area contributed by atoms with Gasteiger partial charge in [0.15, 0.2) is 0 Å². The van der Waals surface area contributed by atoms with Gasteiger partial charge in [-0.3, -0.25) is 3.53 Å². The molecule has 0 spiro atoms. The summed E-state index contributed by atoms with van der Waals surface area (Å²) in [6.07, 6.45) is 17.9. The average Bonchev–Trinajstić information content (AvgIpc) is 2.54. The standard InChI is InChI=1S/C18H26BIN2/c1-5-9-12-16(8-4)19-22-14-17(21-20)13-15(10-6-2)18(22)11-7-3/h5-12,17,19,21H,4,13-14H2,1-3H3/b9-5-,10-6-,11-7-,16-12+. The van der Waals surface area contributed by atoms with Gasteiger partial charge in [0.2, 0.25) is 0 Å². The Labute approximate surface area is 150 Å². The highest BCUT2D eigenvalue weighted by Gasteiger charge is 2.24. The first kappa shape index (κ1) is 19.0. The molecule has 22 heavy (non-hydrogen) atoms. The molecule has 118 valence electrons. The molecule has 2 nitrogen and oxygen atoms in total. The molecule has 0 aromatic carbocycles. The summed E-state index contributed by atoms with van der Waals surface area (Å²) >= 11 is 2.26. The Morgan fingerprint density at radius 3 is 2.55 bits per heavy atom. The Bertz CT molecular complexity index is 515. The number of rotatable bonds is 7. The monoisotopic (exact) mass is 408 g/mol. The Balaban J connectivity index is 3.15. The van der Waals surface area contributed by atoms with E-state index in [1.54, 1.807) is 0 Å². The van der Waals surface area contributed by atoms with Crippen molar-refractivity contribution in [1.29, 1.82) is 0 Å². The number of hydrogen-bond acceptors (Lipinski definition) is 2. The minimum Gasteiger partial charge on any atom is -0.412 e. The summed E-state index contributed by atoms with van der Waals surface area (Å²) in [5.74, 6) is 0. The van der Waals surface area contributed by atoms with Crippen LogP contribution in [0.25, 0.3) is 0 Å². The van der Waals surface area contributed by atoms with Gasteiger partial charge in [-0.15, -0.1) is 0 Å². The maximum atomic E-state index is 3.95. The van der Waals surface area contributed by atoms with Gasteiger partial charge in [0, 0.05) is 41.1 Å². The van der Waals surface area contributed by atoms with E-state index in [0.29, 0.717) is 6.04 Å². The molecule has 0 saturated heterocycles. The van der Waals surface area contributed by atoms with Gasteiger partial charge in [0.25, 0.3) is 7.41 Å². The van der Waals surface area contributed by atoms with E-state index in [1.165, 1.54) is 16.7 Å². The van der Waals surface area contributed by atoms with E-state index in [9.17, 15) is 0 Å². The van der Waals surface area contributed by atoms with Crippen molar-refractivity contribution in [3.8, 4) is 0 Å². The first-order chi connectivity index (χ1) is 10.7. The van der Waals surface area contributed by atoms with E-state index in [1.807, 2.05) is 19.1 Å². The lowest BCUT2D eigenvalue weighted by Gasteiger charge is -2.36. The van der Waals surface area contributed by atoms with Crippen molar-refractivity contribution in [2.75, 3.05) is 6.54 Å². The van der Waals surface area contributed by atoms with Crippen molar-refractivity contribution in [3.63, 3.8) is 0 Å². The summed E-state index contributed by atoms with van der Waals surface area (Å²) in [4.78, 5) is 2.44. The quantitative estimate of drug-likeness (QED) is 0.291. The van der Waals surface area contributed by atoms with Crippen LogP contribution in [0.5, 0.6) is 0 Å². The van der Waals surface area contributed by atoms with Gasteiger partial charge < -0.3 is 4.81 Å². The van der Waals surface area contributed by atoms with Gasteiger partial charge in [-0.25, -0.2) is 0 Å². The van der Waals surface area contributed by atoms with Crippen LogP contribution in [0.3, 0.4) is 0 Å². The van der Waals surface area contributed by atoms with Crippen LogP contribution in [0.1, 0.15) is 27.2 Å². The number of halogens is 1. The third kappa shape index (κ3) is 5.65. The van der Waals surface area contributed by atoms with E-state index in [2.05, 4.69) is 88.1 Å². The predicted octanol–water partition coefficient (Wildman–Crippen LogP) is 4.40. The molecule has 1 aliphatic rings. The second kappa shape index (κ2) is 10.7. The maximum Gasteiger partial charge on any atom is 0.270 e. The molecule has 0 saturated carbocycles. The van der Waals surface area contributed by atoms with Crippen molar-refractivity contribution in [2.45, 2.75) is 33.2 Å². The molecule has 0 aromatic heterocycles. The van der Waals surface area contributed by atoms with Crippen molar-refractivity contribution < 1.29 is 0 Å². The minimum absolute atomic E-state index is 0.466. The van der Waals surface area contributed by atoms with Crippen LogP contribution in [-0.2, 0) is 0 Å². The summed E-state index contributed by atoms with van der Waals surface area (Å²) in [7, 11) is 0.878.